The molecule has 2 heteroatoms. The number of rotatable bonds is 5. The standard InChI is InChI=1S/C14H26N2/c1-4-5-8-11-16(13(2)3)12-14-9-6-7-10-15-14/h13-15H,6-12H2,1-3H3. The van der Waals surface area contributed by atoms with Gasteiger partial charge in [-0.25, -0.2) is 0 Å². The molecule has 0 aliphatic carbocycles. The molecule has 92 valence electrons. The largest absolute Gasteiger partial charge is 0.313 e. The molecule has 2 nitrogen and oxygen atoms in total. The van der Waals surface area contributed by atoms with Crippen LogP contribution in [0, 0.1) is 11.8 Å². The van der Waals surface area contributed by atoms with Crippen molar-refractivity contribution in [1.29, 1.82) is 0 Å². The third-order valence-electron chi connectivity index (χ3n) is 3.30. The van der Waals surface area contributed by atoms with Crippen LogP contribution in [0.5, 0.6) is 0 Å². The van der Waals surface area contributed by atoms with Gasteiger partial charge in [-0.1, -0.05) is 6.42 Å². The second-order valence-electron chi connectivity index (χ2n) is 4.91. The SMILES string of the molecule is CC#CCCN(CC1CCCCN1)C(C)C. The predicted molar refractivity (Wildman–Crippen MR) is 70.4 cm³/mol. The first-order chi connectivity index (χ1) is 7.74. The summed E-state index contributed by atoms with van der Waals surface area (Å²) in [6, 6.07) is 1.33. The Bertz CT molecular complexity index is 231. The minimum absolute atomic E-state index is 0.627. The molecule has 16 heavy (non-hydrogen) atoms. The molecule has 1 aliphatic rings. The molecule has 1 saturated heterocycles. The zero-order valence-electron chi connectivity index (χ0n) is 11.1. The molecular formula is C14H26N2. The lowest BCUT2D eigenvalue weighted by atomic mass is 10.0. The average Bonchev–Trinajstić information content (AvgIpc) is 2.29. The van der Waals surface area contributed by atoms with Gasteiger partial charge in [-0.3, -0.25) is 4.90 Å². The quantitative estimate of drug-likeness (QED) is 0.718. The molecule has 1 rings (SSSR count). The van der Waals surface area contributed by atoms with Gasteiger partial charge >= 0.3 is 0 Å². The van der Waals surface area contributed by atoms with Gasteiger partial charge in [-0.2, -0.15) is 0 Å². The highest BCUT2D eigenvalue weighted by molar-refractivity contribution is 4.95. The van der Waals surface area contributed by atoms with Crippen LogP contribution < -0.4 is 5.32 Å². The van der Waals surface area contributed by atoms with Gasteiger partial charge in [0, 0.05) is 31.6 Å². The Morgan fingerprint density at radius 3 is 2.75 bits per heavy atom. The third-order valence-corrected chi connectivity index (χ3v) is 3.30. The van der Waals surface area contributed by atoms with Gasteiger partial charge in [0.1, 0.15) is 0 Å². The van der Waals surface area contributed by atoms with E-state index in [2.05, 4.69) is 35.9 Å². The summed E-state index contributed by atoms with van der Waals surface area (Å²) >= 11 is 0. The highest BCUT2D eigenvalue weighted by Crippen LogP contribution is 2.10. The summed E-state index contributed by atoms with van der Waals surface area (Å²) in [6.45, 7) is 9.97. The van der Waals surface area contributed by atoms with Crippen molar-refractivity contribution in [2.24, 2.45) is 0 Å². The molecule has 0 aromatic heterocycles. The molecule has 0 bridgehead atoms. The van der Waals surface area contributed by atoms with Crippen LogP contribution >= 0.6 is 0 Å². The van der Waals surface area contributed by atoms with Crippen LogP contribution in [0.25, 0.3) is 0 Å². The van der Waals surface area contributed by atoms with E-state index in [0.717, 1.165) is 13.0 Å². The molecule has 0 aromatic rings. The molecule has 0 radical (unpaired) electrons. The Morgan fingerprint density at radius 2 is 2.19 bits per heavy atom. The van der Waals surface area contributed by atoms with Crippen LogP contribution in [-0.4, -0.2) is 36.6 Å². The first-order valence-electron chi connectivity index (χ1n) is 6.61. The van der Waals surface area contributed by atoms with E-state index in [-0.39, 0.29) is 0 Å². The minimum Gasteiger partial charge on any atom is -0.313 e. The summed E-state index contributed by atoms with van der Waals surface area (Å²) in [7, 11) is 0. The van der Waals surface area contributed by atoms with Gasteiger partial charge in [0.25, 0.3) is 0 Å². The zero-order valence-corrected chi connectivity index (χ0v) is 11.1. The highest BCUT2D eigenvalue weighted by atomic mass is 15.2. The summed E-state index contributed by atoms with van der Waals surface area (Å²) in [6.07, 6.45) is 5.07. The van der Waals surface area contributed by atoms with Crippen molar-refractivity contribution in [3.05, 3.63) is 0 Å². The fourth-order valence-electron chi connectivity index (χ4n) is 2.25. The van der Waals surface area contributed by atoms with Gasteiger partial charge in [0.15, 0.2) is 0 Å². The van der Waals surface area contributed by atoms with Gasteiger partial charge in [-0.05, 0) is 40.2 Å². The van der Waals surface area contributed by atoms with E-state index in [1.807, 2.05) is 6.92 Å². The van der Waals surface area contributed by atoms with Gasteiger partial charge in [-0.15, -0.1) is 11.8 Å². The van der Waals surface area contributed by atoms with Crippen molar-refractivity contribution in [2.75, 3.05) is 19.6 Å². The van der Waals surface area contributed by atoms with Gasteiger partial charge in [0.2, 0.25) is 0 Å². The normalized spacial score (nSPS) is 20.9. The van der Waals surface area contributed by atoms with Crippen LogP contribution in [0.3, 0.4) is 0 Å². The summed E-state index contributed by atoms with van der Waals surface area (Å²) in [5, 5.41) is 3.62. The van der Waals surface area contributed by atoms with Crippen molar-refractivity contribution in [1.82, 2.24) is 10.2 Å². The topological polar surface area (TPSA) is 15.3 Å². The lowest BCUT2D eigenvalue weighted by molar-refractivity contribution is 0.189. The lowest BCUT2D eigenvalue weighted by Crippen LogP contribution is -2.46. The maximum atomic E-state index is 3.62. The van der Waals surface area contributed by atoms with E-state index >= 15 is 0 Å². The molecule has 0 spiro atoms. The van der Waals surface area contributed by atoms with Gasteiger partial charge in [0.05, 0.1) is 0 Å². The van der Waals surface area contributed by atoms with Gasteiger partial charge < -0.3 is 5.32 Å². The Kier molecular flexibility index (Phi) is 6.52. The zero-order chi connectivity index (χ0) is 11.8. The van der Waals surface area contributed by atoms with Crippen LogP contribution in [-0.2, 0) is 0 Å². The van der Waals surface area contributed by atoms with E-state index in [4.69, 9.17) is 0 Å². The Hall–Kier alpha value is -0.520. The van der Waals surface area contributed by atoms with E-state index in [1.165, 1.54) is 32.4 Å². The molecule has 1 heterocycles. The van der Waals surface area contributed by atoms with E-state index in [1.54, 1.807) is 0 Å². The first kappa shape index (κ1) is 13.5. The number of piperidine rings is 1. The molecule has 0 aromatic carbocycles. The Labute approximate surface area is 101 Å². The lowest BCUT2D eigenvalue weighted by Gasteiger charge is -2.32. The van der Waals surface area contributed by atoms with Crippen LogP contribution in [0.4, 0.5) is 0 Å². The number of nitrogens with zero attached hydrogens (tertiary/aromatic N) is 1. The fraction of sp³-hybridized carbons (Fsp3) is 0.857. The molecule has 1 atom stereocenters. The van der Waals surface area contributed by atoms with Crippen molar-refractivity contribution in [3.63, 3.8) is 0 Å². The monoisotopic (exact) mass is 222 g/mol. The maximum Gasteiger partial charge on any atom is 0.0217 e. The summed E-state index contributed by atoms with van der Waals surface area (Å²) < 4.78 is 0. The highest BCUT2D eigenvalue weighted by Gasteiger charge is 2.17. The molecular weight excluding hydrogens is 196 g/mol. The molecule has 1 aliphatic heterocycles. The molecule has 1 unspecified atom stereocenters. The Morgan fingerprint density at radius 1 is 1.38 bits per heavy atom. The summed E-state index contributed by atoms with van der Waals surface area (Å²) in [4.78, 5) is 2.55. The number of hydrogen-bond acceptors (Lipinski definition) is 2. The molecule has 0 amide bonds. The maximum absolute atomic E-state index is 3.62. The van der Waals surface area contributed by atoms with Crippen molar-refractivity contribution >= 4 is 0 Å². The average molecular weight is 222 g/mol. The Balaban J connectivity index is 2.33. The molecule has 0 saturated carbocycles. The number of nitrogens with one attached hydrogen (secondary N) is 1. The van der Waals surface area contributed by atoms with E-state index < -0.39 is 0 Å². The molecule has 1 N–H and O–H groups in total. The second kappa shape index (κ2) is 7.70. The van der Waals surface area contributed by atoms with Crippen LogP contribution in [0.1, 0.15) is 46.5 Å². The smallest absolute Gasteiger partial charge is 0.0217 e. The number of hydrogen-bond donors (Lipinski definition) is 1. The van der Waals surface area contributed by atoms with E-state index in [0.29, 0.717) is 12.1 Å². The minimum atomic E-state index is 0.627. The predicted octanol–water partition coefficient (Wildman–Crippen LogP) is 2.25. The van der Waals surface area contributed by atoms with E-state index in [9.17, 15) is 0 Å². The van der Waals surface area contributed by atoms with Crippen molar-refractivity contribution < 1.29 is 0 Å². The van der Waals surface area contributed by atoms with Crippen LogP contribution in [0.2, 0.25) is 0 Å². The van der Waals surface area contributed by atoms with Crippen molar-refractivity contribution in [3.8, 4) is 11.8 Å². The van der Waals surface area contributed by atoms with Crippen LogP contribution in [0.15, 0.2) is 0 Å². The third kappa shape index (κ3) is 5.01. The molecule has 1 fully saturated rings. The second-order valence-corrected chi connectivity index (χ2v) is 4.91. The summed E-state index contributed by atoms with van der Waals surface area (Å²) in [5.41, 5.74) is 0. The summed E-state index contributed by atoms with van der Waals surface area (Å²) in [5.74, 6) is 6.13. The fourth-order valence-corrected chi connectivity index (χ4v) is 2.25. The van der Waals surface area contributed by atoms with Crippen molar-refractivity contribution in [2.45, 2.75) is 58.5 Å². The first-order valence-corrected chi connectivity index (χ1v) is 6.61.